The summed E-state index contributed by atoms with van der Waals surface area (Å²) in [7, 11) is 1.63. The molecule has 0 bridgehead atoms. The standard InChI is InChI=1S/C10H10BrNO/c1-3-6-12-10-7-8(13-2)4-5-9(10)11/h1,4-5,7,12H,6H2,2H3. The van der Waals surface area contributed by atoms with E-state index in [1.54, 1.807) is 7.11 Å². The van der Waals surface area contributed by atoms with Gasteiger partial charge in [0.25, 0.3) is 0 Å². The quantitative estimate of drug-likeness (QED) is 0.819. The number of benzene rings is 1. The van der Waals surface area contributed by atoms with Crippen molar-refractivity contribution in [3.8, 4) is 18.1 Å². The van der Waals surface area contributed by atoms with Gasteiger partial charge in [0.15, 0.2) is 0 Å². The Hall–Kier alpha value is -1.14. The molecular formula is C10H10BrNO. The first-order valence-corrected chi connectivity index (χ1v) is 4.58. The molecule has 13 heavy (non-hydrogen) atoms. The second-order valence-electron chi connectivity index (χ2n) is 2.40. The molecule has 0 amide bonds. The summed E-state index contributed by atoms with van der Waals surface area (Å²) in [4.78, 5) is 0. The smallest absolute Gasteiger partial charge is 0.121 e. The largest absolute Gasteiger partial charge is 0.497 e. The minimum atomic E-state index is 0.506. The van der Waals surface area contributed by atoms with Gasteiger partial charge >= 0.3 is 0 Å². The Morgan fingerprint density at radius 1 is 1.62 bits per heavy atom. The first-order valence-electron chi connectivity index (χ1n) is 3.79. The number of hydrogen-bond acceptors (Lipinski definition) is 2. The van der Waals surface area contributed by atoms with E-state index in [0.717, 1.165) is 15.9 Å². The fourth-order valence-electron chi connectivity index (χ4n) is 0.913. The third-order valence-corrected chi connectivity index (χ3v) is 2.25. The van der Waals surface area contributed by atoms with E-state index >= 15 is 0 Å². The molecule has 0 atom stereocenters. The van der Waals surface area contributed by atoms with Crippen LogP contribution in [0.3, 0.4) is 0 Å². The number of hydrogen-bond donors (Lipinski definition) is 1. The van der Waals surface area contributed by atoms with Crippen molar-refractivity contribution in [1.82, 2.24) is 0 Å². The maximum absolute atomic E-state index is 5.14. The fraction of sp³-hybridized carbons (Fsp3) is 0.200. The van der Waals surface area contributed by atoms with Gasteiger partial charge in [-0.05, 0) is 28.1 Å². The van der Waals surface area contributed by atoms with Crippen LogP contribution in [0.25, 0.3) is 0 Å². The highest BCUT2D eigenvalue weighted by Gasteiger charge is 1.99. The van der Waals surface area contributed by atoms with Gasteiger partial charge in [0.05, 0.1) is 19.3 Å². The Kier molecular flexibility index (Phi) is 3.66. The highest BCUT2D eigenvalue weighted by Crippen LogP contribution is 2.26. The topological polar surface area (TPSA) is 21.3 Å². The van der Waals surface area contributed by atoms with Crippen LogP contribution in [0.1, 0.15) is 0 Å². The summed E-state index contributed by atoms with van der Waals surface area (Å²) in [6.07, 6.45) is 5.14. The number of methoxy groups -OCH3 is 1. The molecule has 1 N–H and O–H groups in total. The Morgan fingerprint density at radius 3 is 3.00 bits per heavy atom. The maximum atomic E-state index is 5.14. The monoisotopic (exact) mass is 239 g/mol. The van der Waals surface area contributed by atoms with Crippen molar-refractivity contribution in [3.05, 3.63) is 22.7 Å². The van der Waals surface area contributed by atoms with Gasteiger partial charge in [0, 0.05) is 10.5 Å². The number of halogens is 1. The number of terminal acetylenes is 1. The Morgan fingerprint density at radius 2 is 2.38 bits per heavy atom. The van der Waals surface area contributed by atoms with Crippen LogP contribution in [0.2, 0.25) is 0 Å². The second-order valence-corrected chi connectivity index (χ2v) is 3.26. The number of anilines is 1. The number of rotatable bonds is 3. The molecule has 0 fully saturated rings. The van der Waals surface area contributed by atoms with Crippen LogP contribution in [-0.2, 0) is 0 Å². The Bertz CT molecular complexity index is 330. The lowest BCUT2D eigenvalue weighted by Gasteiger charge is -2.07. The van der Waals surface area contributed by atoms with Crippen LogP contribution in [0, 0.1) is 12.3 Å². The minimum absolute atomic E-state index is 0.506. The van der Waals surface area contributed by atoms with E-state index in [1.165, 1.54) is 0 Å². The van der Waals surface area contributed by atoms with Crippen molar-refractivity contribution < 1.29 is 4.74 Å². The fourth-order valence-corrected chi connectivity index (χ4v) is 1.30. The molecular weight excluding hydrogens is 230 g/mol. The Balaban J connectivity index is 2.85. The molecule has 0 radical (unpaired) electrons. The summed E-state index contributed by atoms with van der Waals surface area (Å²) in [5, 5.41) is 3.07. The molecule has 0 heterocycles. The molecule has 2 nitrogen and oxygen atoms in total. The maximum Gasteiger partial charge on any atom is 0.121 e. The van der Waals surface area contributed by atoms with E-state index in [2.05, 4.69) is 27.2 Å². The summed E-state index contributed by atoms with van der Waals surface area (Å²) < 4.78 is 6.05. The van der Waals surface area contributed by atoms with Crippen LogP contribution >= 0.6 is 15.9 Å². The van der Waals surface area contributed by atoms with Gasteiger partial charge in [-0.15, -0.1) is 6.42 Å². The third kappa shape index (κ3) is 2.67. The van der Waals surface area contributed by atoms with Crippen molar-refractivity contribution in [1.29, 1.82) is 0 Å². The SMILES string of the molecule is C#CCNc1cc(OC)ccc1Br. The molecule has 1 aromatic rings. The van der Waals surface area contributed by atoms with E-state index in [-0.39, 0.29) is 0 Å². The number of nitrogens with one attached hydrogen (secondary N) is 1. The highest BCUT2D eigenvalue weighted by molar-refractivity contribution is 9.10. The van der Waals surface area contributed by atoms with Gasteiger partial charge in [-0.3, -0.25) is 0 Å². The second kappa shape index (κ2) is 4.78. The molecule has 0 saturated carbocycles. The molecule has 1 aromatic carbocycles. The van der Waals surface area contributed by atoms with Crippen LogP contribution in [-0.4, -0.2) is 13.7 Å². The summed E-state index contributed by atoms with van der Waals surface area (Å²) in [5.74, 6) is 3.32. The van der Waals surface area contributed by atoms with Crippen molar-refractivity contribution in [2.75, 3.05) is 19.0 Å². The molecule has 3 heteroatoms. The van der Waals surface area contributed by atoms with E-state index < -0.39 is 0 Å². The van der Waals surface area contributed by atoms with E-state index in [0.29, 0.717) is 6.54 Å². The van der Waals surface area contributed by atoms with Gasteiger partial charge in [-0.25, -0.2) is 0 Å². The van der Waals surface area contributed by atoms with Gasteiger partial charge in [-0.2, -0.15) is 0 Å². The van der Waals surface area contributed by atoms with Gasteiger partial charge in [0.1, 0.15) is 5.75 Å². The zero-order valence-corrected chi connectivity index (χ0v) is 8.89. The first kappa shape index (κ1) is 9.94. The lowest BCUT2D eigenvalue weighted by molar-refractivity contribution is 0.415. The highest BCUT2D eigenvalue weighted by atomic mass is 79.9. The van der Waals surface area contributed by atoms with Gasteiger partial charge in [-0.1, -0.05) is 5.92 Å². The van der Waals surface area contributed by atoms with Crippen molar-refractivity contribution in [2.24, 2.45) is 0 Å². The number of ether oxygens (including phenoxy) is 1. The molecule has 68 valence electrons. The van der Waals surface area contributed by atoms with Crippen LogP contribution in [0.4, 0.5) is 5.69 Å². The predicted molar refractivity (Wildman–Crippen MR) is 58.0 cm³/mol. The van der Waals surface area contributed by atoms with Crippen LogP contribution in [0.5, 0.6) is 5.75 Å². The average Bonchev–Trinajstić information content (AvgIpc) is 2.17. The normalized spacial score (nSPS) is 9.00. The van der Waals surface area contributed by atoms with E-state index in [9.17, 15) is 0 Å². The zero-order valence-electron chi connectivity index (χ0n) is 7.30. The van der Waals surface area contributed by atoms with Gasteiger partial charge in [0.2, 0.25) is 0 Å². The molecule has 1 rings (SSSR count). The lowest BCUT2D eigenvalue weighted by atomic mass is 10.3. The Labute approximate surface area is 86.4 Å². The summed E-state index contributed by atoms with van der Waals surface area (Å²) in [6.45, 7) is 0.506. The van der Waals surface area contributed by atoms with Crippen molar-refractivity contribution in [2.45, 2.75) is 0 Å². The van der Waals surface area contributed by atoms with Crippen LogP contribution < -0.4 is 10.1 Å². The molecule has 0 spiro atoms. The average molecular weight is 240 g/mol. The third-order valence-electron chi connectivity index (χ3n) is 1.55. The van der Waals surface area contributed by atoms with E-state index in [4.69, 9.17) is 11.2 Å². The molecule has 0 aliphatic carbocycles. The first-order chi connectivity index (χ1) is 6.27. The lowest BCUT2D eigenvalue weighted by Crippen LogP contribution is -1.99. The molecule has 0 aromatic heterocycles. The van der Waals surface area contributed by atoms with E-state index in [1.807, 2.05) is 18.2 Å². The summed E-state index contributed by atoms with van der Waals surface area (Å²) in [6, 6.07) is 5.68. The van der Waals surface area contributed by atoms with Gasteiger partial charge < -0.3 is 10.1 Å². The molecule has 0 aliphatic rings. The summed E-state index contributed by atoms with van der Waals surface area (Å²) >= 11 is 3.40. The van der Waals surface area contributed by atoms with Crippen LogP contribution in [0.15, 0.2) is 22.7 Å². The molecule has 0 aliphatic heterocycles. The van der Waals surface area contributed by atoms with Crippen molar-refractivity contribution in [3.63, 3.8) is 0 Å². The predicted octanol–water partition coefficient (Wildman–Crippen LogP) is 2.50. The van der Waals surface area contributed by atoms with Crippen molar-refractivity contribution >= 4 is 21.6 Å². The molecule has 0 saturated heterocycles. The molecule has 0 unspecified atom stereocenters. The zero-order chi connectivity index (χ0) is 9.68. The summed E-state index contributed by atoms with van der Waals surface area (Å²) in [5.41, 5.74) is 0.942. The minimum Gasteiger partial charge on any atom is -0.497 e.